The lowest BCUT2D eigenvalue weighted by Crippen LogP contribution is -2.19. The molecule has 4 aromatic rings. The van der Waals surface area contributed by atoms with Gasteiger partial charge < -0.3 is 15.4 Å². The number of halogens is 1. The molecule has 0 bridgehead atoms. The van der Waals surface area contributed by atoms with Crippen molar-refractivity contribution in [1.29, 1.82) is 0 Å². The third-order valence-electron chi connectivity index (χ3n) is 5.14. The highest BCUT2D eigenvalue weighted by molar-refractivity contribution is 8.00. The maximum Gasteiger partial charge on any atom is 0.258 e. The second-order valence-electron chi connectivity index (χ2n) is 7.59. The maximum atomic E-state index is 14.0. The number of hydrogen-bond donors (Lipinski definition) is 2. The Morgan fingerprint density at radius 1 is 0.800 bits per heavy atom. The molecule has 0 aromatic heterocycles. The Morgan fingerprint density at radius 2 is 1.49 bits per heavy atom. The number of ether oxygens (including phenoxy) is 1. The van der Waals surface area contributed by atoms with E-state index in [-0.39, 0.29) is 11.5 Å². The number of carbonyl (C=O) groups is 2. The highest BCUT2D eigenvalue weighted by atomic mass is 32.2. The second-order valence-corrected chi connectivity index (χ2v) is 8.77. The normalized spacial score (nSPS) is 11.4. The first kappa shape index (κ1) is 24.0. The predicted molar refractivity (Wildman–Crippen MR) is 137 cm³/mol. The molecule has 0 radical (unpaired) electrons. The summed E-state index contributed by atoms with van der Waals surface area (Å²) in [7, 11) is 1.57. The van der Waals surface area contributed by atoms with Gasteiger partial charge in [-0.1, -0.05) is 54.6 Å². The molecule has 0 fully saturated rings. The van der Waals surface area contributed by atoms with E-state index in [4.69, 9.17) is 4.74 Å². The van der Waals surface area contributed by atoms with Gasteiger partial charge in [0.25, 0.3) is 5.91 Å². The monoisotopic (exact) mass is 486 g/mol. The Bertz CT molecular complexity index is 1330. The summed E-state index contributed by atoms with van der Waals surface area (Å²) in [5.74, 6) is -0.685. The SMILES string of the molecule is COc1cccc(NC(=O)C(Sc2cccc(NC(=O)c3ccccc3F)c2)c2ccccc2)c1. The molecule has 0 aliphatic heterocycles. The van der Waals surface area contributed by atoms with Crippen molar-refractivity contribution in [3.05, 3.63) is 120 Å². The number of hydrogen-bond acceptors (Lipinski definition) is 4. The van der Waals surface area contributed by atoms with Crippen LogP contribution in [-0.2, 0) is 4.79 Å². The van der Waals surface area contributed by atoms with Crippen LogP contribution in [0.1, 0.15) is 21.2 Å². The van der Waals surface area contributed by atoms with Crippen LogP contribution >= 0.6 is 11.8 Å². The number of thioether (sulfide) groups is 1. The van der Waals surface area contributed by atoms with Crippen LogP contribution in [0, 0.1) is 5.82 Å². The van der Waals surface area contributed by atoms with Crippen LogP contribution in [0.2, 0.25) is 0 Å². The molecule has 0 heterocycles. The van der Waals surface area contributed by atoms with Crippen LogP contribution in [0.5, 0.6) is 5.75 Å². The summed E-state index contributed by atoms with van der Waals surface area (Å²) in [5, 5.41) is 5.13. The van der Waals surface area contributed by atoms with Gasteiger partial charge in [-0.25, -0.2) is 4.39 Å². The van der Waals surface area contributed by atoms with Crippen molar-refractivity contribution in [1.82, 2.24) is 0 Å². The third-order valence-corrected chi connectivity index (χ3v) is 6.39. The molecule has 0 aliphatic rings. The molecule has 4 aromatic carbocycles. The summed E-state index contributed by atoms with van der Waals surface area (Å²) in [6.07, 6.45) is 0. The van der Waals surface area contributed by atoms with Gasteiger partial charge in [-0.05, 0) is 48.0 Å². The van der Waals surface area contributed by atoms with E-state index in [1.54, 1.807) is 55.6 Å². The lowest BCUT2D eigenvalue weighted by molar-refractivity contribution is -0.115. The van der Waals surface area contributed by atoms with Gasteiger partial charge in [0.1, 0.15) is 16.8 Å². The Labute approximate surface area is 207 Å². The van der Waals surface area contributed by atoms with E-state index in [2.05, 4.69) is 10.6 Å². The van der Waals surface area contributed by atoms with Gasteiger partial charge in [-0.15, -0.1) is 11.8 Å². The van der Waals surface area contributed by atoms with Gasteiger partial charge in [0.2, 0.25) is 5.91 Å². The minimum Gasteiger partial charge on any atom is -0.497 e. The average molecular weight is 487 g/mol. The average Bonchev–Trinajstić information content (AvgIpc) is 2.88. The van der Waals surface area contributed by atoms with Crippen LogP contribution in [0.15, 0.2) is 108 Å². The van der Waals surface area contributed by atoms with Gasteiger partial charge in [0, 0.05) is 22.3 Å². The third kappa shape index (κ3) is 6.28. The quantitative estimate of drug-likeness (QED) is 0.277. The highest BCUT2D eigenvalue weighted by Crippen LogP contribution is 2.37. The highest BCUT2D eigenvalue weighted by Gasteiger charge is 2.23. The second kappa shape index (κ2) is 11.4. The standard InChI is InChI=1S/C28H23FN2O3S/c1-34-22-13-7-11-20(17-22)31-28(33)26(19-9-3-2-4-10-19)35-23-14-8-12-21(18-23)30-27(32)24-15-5-6-16-25(24)29/h2-18,26H,1H3,(H,30,32)(H,31,33). The molecule has 0 saturated heterocycles. The van der Waals surface area contributed by atoms with Crippen LogP contribution in [0.25, 0.3) is 0 Å². The molecule has 4 rings (SSSR count). The number of methoxy groups -OCH3 is 1. The first-order valence-corrected chi connectivity index (χ1v) is 11.7. The van der Waals surface area contributed by atoms with E-state index in [9.17, 15) is 14.0 Å². The van der Waals surface area contributed by atoms with E-state index < -0.39 is 17.0 Å². The van der Waals surface area contributed by atoms with E-state index >= 15 is 0 Å². The zero-order valence-corrected chi connectivity index (χ0v) is 19.7. The Hall–Kier alpha value is -4.10. The maximum absolute atomic E-state index is 14.0. The predicted octanol–water partition coefficient (Wildman–Crippen LogP) is 6.56. The zero-order valence-electron chi connectivity index (χ0n) is 18.9. The first-order chi connectivity index (χ1) is 17.0. The number of benzene rings is 4. The van der Waals surface area contributed by atoms with E-state index in [1.807, 2.05) is 36.4 Å². The lowest BCUT2D eigenvalue weighted by atomic mass is 10.1. The van der Waals surface area contributed by atoms with Gasteiger partial charge in [0.05, 0.1) is 12.7 Å². The summed E-state index contributed by atoms with van der Waals surface area (Å²) in [4.78, 5) is 26.6. The molecular formula is C28H23FN2O3S. The summed E-state index contributed by atoms with van der Waals surface area (Å²) >= 11 is 1.35. The van der Waals surface area contributed by atoms with Crippen molar-refractivity contribution in [3.63, 3.8) is 0 Å². The van der Waals surface area contributed by atoms with Crippen molar-refractivity contribution in [2.75, 3.05) is 17.7 Å². The van der Waals surface area contributed by atoms with Crippen molar-refractivity contribution in [3.8, 4) is 5.75 Å². The summed E-state index contributed by atoms with van der Waals surface area (Å²) < 4.78 is 19.2. The van der Waals surface area contributed by atoms with Crippen LogP contribution in [-0.4, -0.2) is 18.9 Å². The Morgan fingerprint density at radius 3 is 2.23 bits per heavy atom. The Balaban J connectivity index is 1.55. The molecule has 35 heavy (non-hydrogen) atoms. The molecule has 176 valence electrons. The smallest absolute Gasteiger partial charge is 0.258 e. The molecule has 7 heteroatoms. The fourth-order valence-electron chi connectivity index (χ4n) is 3.44. The first-order valence-electron chi connectivity index (χ1n) is 10.9. The van der Waals surface area contributed by atoms with E-state index in [0.29, 0.717) is 17.1 Å². The van der Waals surface area contributed by atoms with E-state index in [1.165, 1.54) is 30.0 Å². The van der Waals surface area contributed by atoms with E-state index in [0.717, 1.165) is 10.5 Å². The summed E-state index contributed by atoms with van der Waals surface area (Å²) in [6.45, 7) is 0. The largest absolute Gasteiger partial charge is 0.497 e. The molecule has 1 unspecified atom stereocenters. The minimum absolute atomic E-state index is 0.0367. The molecule has 1 atom stereocenters. The van der Waals surface area contributed by atoms with Gasteiger partial charge in [0.15, 0.2) is 0 Å². The lowest BCUT2D eigenvalue weighted by Gasteiger charge is -2.18. The van der Waals surface area contributed by atoms with Crippen LogP contribution in [0.4, 0.5) is 15.8 Å². The molecule has 0 spiro atoms. The molecule has 2 amide bonds. The van der Waals surface area contributed by atoms with Gasteiger partial charge in [-0.3, -0.25) is 9.59 Å². The molecule has 5 nitrogen and oxygen atoms in total. The fourth-order valence-corrected chi connectivity index (χ4v) is 4.52. The number of carbonyl (C=O) groups excluding carboxylic acids is 2. The topological polar surface area (TPSA) is 67.4 Å². The van der Waals surface area contributed by atoms with Gasteiger partial charge in [-0.2, -0.15) is 0 Å². The molecule has 0 saturated carbocycles. The van der Waals surface area contributed by atoms with Crippen LogP contribution in [0.3, 0.4) is 0 Å². The number of anilines is 2. The van der Waals surface area contributed by atoms with Crippen molar-refractivity contribution in [2.24, 2.45) is 0 Å². The Kier molecular flexibility index (Phi) is 7.80. The summed E-state index contributed by atoms with van der Waals surface area (Å²) in [6, 6.07) is 29.5. The van der Waals surface area contributed by atoms with Crippen LogP contribution < -0.4 is 15.4 Å². The summed E-state index contributed by atoms with van der Waals surface area (Å²) in [5.41, 5.74) is 1.93. The molecule has 0 aliphatic carbocycles. The molecule has 2 N–H and O–H groups in total. The minimum atomic E-state index is -0.589. The number of nitrogens with one attached hydrogen (secondary N) is 2. The van der Waals surface area contributed by atoms with Crippen molar-refractivity contribution in [2.45, 2.75) is 10.1 Å². The van der Waals surface area contributed by atoms with Crippen molar-refractivity contribution < 1.29 is 18.7 Å². The number of rotatable bonds is 8. The molecular weight excluding hydrogens is 463 g/mol. The van der Waals surface area contributed by atoms with Gasteiger partial charge >= 0.3 is 0 Å². The zero-order chi connectivity index (χ0) is 24.6. The number of amides is 2. The fraction of sp³-hybridized carbons (Fsp3) is 0.0714. The van der Waals surface area contributed by atoms with Crippen molar-refractivity contribution >= 4 is 35.0 Å².